The van der Waals surface area contributed by atoms with Crippen LogP contribution in [-0.2, 0) is 0 Å². The number of nitrogens with zero attached hydrogens (tertiary/aromatic N) is 4. The van der Waals surface area contributed by atoms with Gasteiger partial charge >= 0.3 is 6.01 Å². The van der Waals surface area contributed by atoms with Gasteiger partial charge in [0.05, 0.1) is 17.1 Å². The first-order valence-electron chi connectivity index (χ1n) is 7.23. The molecule has 6 heteroatoms. The monoisotopic (exact) mass is 326 g/mol. The van der Waals surface area contributed by atoms with Crippen molar-refractivity contribution in [1.29, 1.82) is 5.26 Å². The molecule has 5 nitrogen and oxygen atoms in total. The van der Waals surface area contributed by atoms with Gasteiger partial charge in [-0.2, -0.15) is 10.2 Å². The maximum absolute atomic E-state index is 9.48. The zero-order valence-electron chi connectivity index (χ0n) is 13.2. The molecule has 0 aromatic carbocycles. The van der Waals surface area contributed by atoms with E-state index < -0.39 is 5.92 Å². The lowest BCUT2D eigenvalue weighted by molar-refractivity contribution is 0.319. The molecule has 0 aliphatic carbocycles. The fourth-order valence-electron chi connectivity index (χ4n) is 1.91. The van der Waals surface area contributed by atoms with Crippen LogP contribution < -0.4 is 14.6 Å². The van der Waals surface area contributed by atoms with Gasteiger partial charge in [0, 0.05) is 10.7 Å². The average molecular weight is 326 g/mol. The molecule has 0 saturated carbocycles. The van der Waals surface area contributed by atoms with Crippen LogP contribution in [0.2, 0.25) is 0 Å². The summed E-state index contributed by atoms with van der Waals surface area (Å²) in [6, 6.07) is 4.18. The highest BCUT2D eigenvalue weighted by molar-refractivity contribution is 7.09. The predicted octanol–water partition coefficient (Wildman–Crippen LogP) is 2.14. The maximum Gasteiger partial charge on any atom is 0.316 e. The third kappa shape index (κ3) is 4.02. The predicted molar refractivity (Wildman–Crippen MR) is 91.4 cm³/mol. The number of allylic oxidation sites excluding steroid dienone is 1. The van der Waals surface area contributed by atoms with Gasteiger partial charge in [-0.15, -0.1) is 11.3 Å². The van der Waals surface area contributed by atoms with Gasteiger partial charge in [0.1, 0.15) is 17.5 Å². The first kappa shape index (κ1) is 16.8. The summed E-state index contributed by atoms with van der Waals surface area (Å²) in [5.74, 6) is -0.575. The molecule has 0 N–H and O–H groups in total. The molecular weight excluding hydrogens is 308 g/mol. The van der Waals surface area contributed by atoms with Crippen LogP contribution in [0.25, 0.3) is 13.2 Å². The molecular formula is C17H18N4OS. The number of rotatable bonds is 6. The molecule has 1 atom stereocenters. The average Bonchev–Trinajstić information content (AvgIpc) is 2.88. The van der Waals surface area contributed by atoms with Crippen molar-refractivity contribution in [2.75, 3.05) is 6.61 Å². The van der Waals surface area contributed by atoms with Gasteiger partial charge < -0.3 is 4.74 Å². The van der Waals surface area contributed by atoms with Crippen molar-refractivity contribution in [3.63, 3.8) is 0 Å². The Hall–Kier alpha value is -2.52. The van der Waals surface area contributed by atoms with Crippen LogP contribution in [0.1, 0.15) is 36.9 Å². The molecule has 0 fully saturated rings. The van der Waals surface area contributed by atoms with E-state index in [2.05, 4.69) is 41.1 Å². The number of hydrogen-bond donors (Lipinski definition) is 0. The minimum absolute atomic E-state index is 0.261. The molecule has 0 saturated heterocycles. The number of ether oxygens (including phenoxy) is 1. The Morgan fingerprint density at radius 2 is 2.26 bits per heavy atom. The van der Waals surface area contributed by atoms with Crippen molar-refractivity contribution >= 4 is 24.5 Å². The molecule has 2 aromatic rings. The van der Waals surface area contributed by atoms with E-state index in [9.17, 15) is 5.26 Å². The summed E-state index contributed by atoms with van der Waals surface area (Å²) >= 11 is 1.36. The molecule has 2 heterocycles. The minimum Gasteiger partial charge on any atom is -0.459 e. The SMILES string of the molecule is C=c1nc(C(C#N)c2ccnc(OCC(=CC)CC)n2)sc1=C. The molecule has 1 unspecified atom stereocenters. The van der Waals surface area contributed by atoms with Crippen LogP contribution in [-0.4, -0.2) is 21.6 Å². The molecule has 118 valence electrons. The van der Waals surface area contributed by atoms with Gasteiger partial charge in [-0.05, 0) is 25.0 Å². The Kier molecular flexibility index (Phi) is 5.61. The number of hydrogen-bond acceptors (Lipinski definition) is 6. The largest absolute Gasteiger partial charge is 0.459 e. The minimum atomic E-state index is -0.575. The van der Waals surface area contributed by atoms with Crippen LogP contribution in [0.3, 0.4) is 0 Å². The van der Waals surface area contributed by atoms with Gasteiger partial charge in [-0.25, -0.2) is 9.97 Å². The van der Waals surface area contributed by atoms with Crippen molar-refractivity contribution < 1.29 is 4.74 Å². The Morgan fingerprint density at radius 3 is 2.83 bits per heavy atom. The van der Waals surface area contributed by atoms with E-state index in [1.54, 1.807) is 12.3 Å². The maximum atomic E-state index is 9.48. The van der Waals surface area contributed by atoms with Gasteiger partial charge in [-0.3, -0.25) is 0 Å². The third-order valence-corrected chi connectivity index (χ3v) is 4.39. The lowest BCUT2D eigenvalue weighted by Gasteiger charge is -2.09. The first-order chi connectivity index (χ1) is 11.1. The molecule has 2 rings (SSSR count). The summed E-state index contributed by atoms with van der Waals surface area (Å²) in [6.07, 6.45) is 4.52. The van der Waals surface area contributed by atoms with Crippen LogP contribution in [0.5, 0.6) is 6.01 Å². The molecule has 0 spiro atoms. The van der Waals surface area contributed by atoms with Gasteiger partial charge in [0.25, 0.3) is 0 Å². The van der Waals surface area contributed by atoms with E-state index in [-0.39, 0.29) is 6.01 Å². The Morgan fingerprint density at radius 1 is 1.48 bits per heavy atom. The second kappa shape index (κ2) is 7.65. The second-order valence-electron chi connectivity index (χ2n) is 4.84. The van der Waals surface area contributed by atoms with Crippen molar-refractivity contribution in [3.8, 4) is 12.1 Å². The fraction of sp³-hybridized carbons (Fsp3) is 0.294. The van der Waals surface area contributed by atoms with Gasteiger partial charge in [0.15, 0.2) is 0 Å². The topological polar surface area (TPSA) is 71.7 Å². The highest BCUT2D eigenvalue weighted by Crippen LogP contribution is 2.22. The highest BCUT2D eigenvalue weighted by Gasteiger charge is 2.19. The van der Waals surface area contributed by atoms with Crippen LogP contribution in [0.15, 0.2) is 23.9 Å². The summed E-state index contributed by atoms with van der Waals surface area (Å²) in [7, 11) is 0. The smallest absolute Gasteiger partial charge is 0.316 e. The molecule has 0 aliphatic rings. The molecule has 0 aliphatic heterocycles. The third-order valence-electron chi connectivity index (χ3n) is 3.37. The van der Waals surface area contributed by atoms with Crippen LogP contribution in [0, 0.1) is 11.3 Å². The van der Waals surface area contributed by atoms with E-state index in [4.69, 9.17) is 4.74 Å². The number of nitriles is 1. The number of thiazole rings is 1. The molecule has 2 aromatic heterocycles. The van der Waals surface area contributed by atoms with E-state index in [1.165, 1.54) is 16.9 Å². The Bertz CT molecular complexity index is 823. The normalized spacial score (nSPS) is 12.7. The fourth-order valence-corrected chi connectivity index (χ4v) is 2.77. The van der Waals surface area contributed by atoms with Crippen molar-refractivity contribution in [2.24, 2.45) is 0 Å². The first-order valence-corrected chi connectivity index (χ1v) is 8.04. The summed E-state index contributed by atoms with van der Waals surface area (Å²) in [6.45, 7) is 12.1. The van der Waals surface area contributed by atoms with Crippen molar-refractivity contribution in [3.05, 3.63) is 44.5 Å². The standard InChI is InChI=1S/C17H18N4OS/c1-5-13(6-2)10-22-17-19-8-7-15(21-17)14(9-18)16-20-11(3)12(4)23-16/h5,7-8,14H,3-4,6,10H2,1-2H3. The molecule has 0 bridgehead atoms. The Balaban J connectivity index is 2.25. The van der Waals surface area contributed by atoms with Crippen molar-refractivity contribution in [1.82, 2.24) is 15.0 Å². The van der Waals surface area contributed by atoms with Crippen LogP contribution in [0.4, 0.5) is 0 Å². The summed E-state index contributed by atoms with van der Waals surface area (Å²) in [5, 5.41) is 10.7. The van der Waals surface area contributed by atoms with E-state index in [0.717, 1.165) is 11.0 Å². The zero-order valence-corrected chi connectivity index (χ0v) is 14.1. The summed E-state index contributed by atoms with van der Waals surface area (Å²) in [4.78, 5) is 12.7. The van der Waals surface area contributed by atoms with Gasteiger partial charge in [-0.1, -0.05) is 26.2 Å². The Labute approximate surface area is 139 Å². The number of aromatic nitrogens is 3. The van der Waals surface area contributed by atoms with E-state index >= 15 is 0 Å². The van der Waals surface area contributed by atoms with E-state index in [1.807, 2.05) is 13.0 Å². The molecule has 23 heavy (non-hydrogen) atoms. The molecule has 0 radical (unpaired) electrons. The molecule has 0 amide bonds. The quantitative estimate of drug-likeness (QED) is 0.761. The highest BCUT2D eigenvalue weighted by atomic mass is 32.1. The van der Waals surface area contributed by atoms with Crippen LogP contribution >= 0.6 is 11.3 Å². The summed E-state index contributed by atoms with van der Waals surface area (Å²) in [5.41, 5.74) is 1.73. The lowest BCUT2D eigenvalue weighted by Crippen LogP contribution is -2.16. The van der Waals surface area contributed by atoms with Crippen molar-refractivity contribution in [2.45, 2.75) is 26.2 Å². The second-order valence-corrected chi connectivity index (χ2v) is 5.95. The zero-order chi connectivity index (χ0) is 16.8. The van der Waals surface area contributed by atoms with E-state index in [0.29, 0.717) is 22.7 Å². The lowest BCUT2D eigenvalue weighted by atomic mass is 10.1. The summed E-state index contributed by atoms with van der Waals surface area (Å²) < 4.78 is 6.36. The van der Waals surface area contributed by atoms with Gasteiger partial charge in [0.2, 0.25) is 0 Å².